The summed E-state index contributed by atoms with van der Waals surface area (Å²) in [5.41, 5.74) is 1.66. The summed E-state index contributed by atoms with van der Waals surface area (Å²) in [5, 5.41) is 11.7. The van der Waals surface area contributed by atoms with Crippen LogP contribution in [0.2, 0.25) is 0 Å². The van der Waals surface area contributed by atoms with Crippen LogP contribution < -0.4 is 5.11 Å². The van der Waals surface area contributed by atoms with Gasteiger partial charge in [-0.05, 0) is 23.6 Å². The van der Waals surface area contributed by atoms with E-state index in [2.05, 4.69) is 0 Å². The van der Waals surface area contributed by atoms with Gasteiger partial charge >= 0.3 is 0 Å². The summed E-state index contributed by atoms with van der Waals surface area (Å²) < 4.78 is 0.234. The maximum Gasteiger partial charge on any atom is 0.266 e. The minimum absolute atomic E-state index is 0.147. The third-order valence-corrected chi connectivity index (χ3v) is 5.11. The van der Waals surface area contributed by atoms with Crippen LogP contribution in [0.4, 0.5) is 0 Å². The maximum absolute atomic E-state index is 12.7. The molecule has 3 rings (SSSR count). The number of hydrogen-bond donors (Lipinski definition) is 0. The number of aliphatic carboxylic acids is 1. The fraction of sp³-hybridized carbons (Fsp3) is 0.105. The van der Waals surface area contributed by atoms with E-state index in [1.807, 2.05) is 60.7 Å². The van der Waals surface area contributed by atoms with Gasteiger partial charge in [0, 0.05) is 0 Å². The van der Waals surface area contributed by atoms with Gasteiger partial charge in [0.1, 0.15) is 4.32 Å². The lowest BCUT2D eigenvalue weighted by molar-refractivity contribution is -0.310. The highest BCUT2D eigenvalue weighted by Gasteiger charge is 2.37. The Balaban J connectivity index is 1.87. The SMILES string of the molecule is O=C([O-])[C@@H](Cc1ccccc1)N1C(=O)/C(=C/c2ccccc2)SC1=S. The lowest BCUT2D eigenvalue weighted by atomic mass is 10.0. The summed E-state index contributed by atoms with van der Waals surface area (Å²) in [5.74, 6) is -1.72. The van der Waals surface area contributed by atoms with Crippen LogP contribution in [-0.2, 0) is 16.0 Å². The zero-order valence-corrected chi connectivity index (χ0v) is 14.8. The van der Waals surface area contributed by atoms with Crippen molar-refractivity contribution in [2.75, 3.05) is 0 Å². The number of carboxylic acid groups (broad SMARTS) is 1. The van der Waals surface area contributed by atoms with Gasteiger partial charge < -0.3 is 9.90 Å². The predicted octanol–water partition coefficient (Wildman–Crippen LogP) is 2.25. The molecule has 1 aliphatic heterocycles. The Bertz CT molecular complexity index is 834. The highest BCUT2D eigenvalue weighted by molar-refractivity contribution is 8.26. The third kappa shape index (κ3) is 3.97. The van der Waals surface area contributed by atoms with Crippen LogP contribution in [0.15, 0.2) is 65.6 Å². The standard InChI is InChI=1S/C19H15NO3S2/c21-17-16(12-14-9-5-2-6-10-14)25-19(24)20(17)15(18(22)23)11-13-7-3-1-4-8-13/h1-10,12,15H,11H2,(H,22,23)/p-1/b16-12-/t15-/m1/s1. The van der Waals surface area contributed by atoms with Crippen molar-refractivity contribution in [3.8, 4) is 0 Å². The molecule has 1 atom stereocenters. The van der Waals surface area contributed by atoms with Crippen molar-refractivity contribution in [2.45, 2.75) is 12.5 Å². The summed E-state index contributed by atoms with van der Waals surface area (Å²) in [7, 11) is 0. The molecule has 1 aliphatic rings. The molecule has 1 heterocycles. The molecule has 126 valence electrons. The summed E-state index contributed by atoms with van der Waals surface area (Å²) in [4.78, 5) is 25.9. The third-order valence-electron chi connectivity index (χ3n) is 3.78. The van der Waals surface area contributed by atoms with Gasteiger partial charge in [-0.2, -0.15) is 0 Å². The van der Waals surface area contributed by atoms with Crippen LogP contribution in [0.5, 0.6) is 0 Å². The molecule has 0 radical (unpaired) electrons. The van der Waals surface area contributed by atoms with Crippen LogP contribution in [0.3, 0.4) is 0 Å². The molecule has 0 saturated carbocycles. The van der Waals surface area contributed by atoms with Gasteiger partial charge in [0.2, 0.25) is 0 Å². The van der Waals surface area contributed by atoms with Gasteiger partial charge in [0.25, 0.3) is 5.91 Å². The Morgan fingerprint density at radius 1 is 1.12 bits per heavy atom. The van der Waals surface area contributed by atoms with Crippen molar-refractivity contribution < 1.29 is 14.7 Å². The first kappa shape index (κ1) is 17.4. The molecule has 1 saturated heterocycles. The van der Waals surface area contributed by atoms with Gasteiger partial charge in [-0.3, -0.25) is 9.69 Å². The highest BCUT2D eigenvalue weighted by Crippen LogP contribution is 2.34. The largest absolute Gasteiger partial charge is 0.548 e. The molecule has 0 aromatic heterocycles. The molecular weight excluding hydrogens is 354 g/mol. The molecule has 0 unspecified atom stereocenters. The van der Waals surface area contributed by atoms with E-state index in [4.69, 9.17) is 12.2 Å². The van der Waals surface area contributed by atoms with Crippen LogP contribution in [0.25, 0.3) is 6.08 Å². The summed E-state index contributed by atoms with van der Waals surface area (Å²) in [6, 6.07) is 17.3. The second-order valence-electron chi connectivity index (χ2n) is 5.49. The molecule has 1 amide bonds. The smallest absolute Gasteiger partial charge is 0.266 e. The maximum atomic E-state index is 12.7. The number of rotatable bonds is 5. The quantitative estimate of drug-likeness (QED) is 0.598. The zero-order valence-electron chi connectivity index (χ0n) is 13.1. The van der Waals surface area contributed by atoms with Gasteiger partial charge in [-0.1, -0.05) is 84.6 Å². The molecule has 4 nitrogen and oxygen atoms in total. The van der Waals surface area contributed by atoms with E-state index in [1.165, 1.54) is 0 Å². The van der Waals surface area contributed by atoms with Crippen molar-refractivity contribution >= 4 is 46.3 Å². The Morgan fingerprint density at radius 3 is 2.32 bits per heavy atom. The molecule has 1 fully saturated rings. The summed E-state index contributed by atoms with van der Waals surface area (Å²) in [6.45, 7) is 0. The van der Waals surface area contributed by atoms with E-state index >= 15 is 0 Å². The molecule has 0 spiro atoms. The first-order chi connectivity index (χ1) is 12.1. The van der Waals surface area contributed by atoms with E-state index in [0.717, 1.165) is 27.8 Å². The van der Waals surface area contributed by atoms with Gasteiger partial charge in [-0.25, -0.2) is 0 Å². The number of hydrogen-bond acceptors (Lipinski definition) is 5. The van der Waals surface area contributed by atoms with Crippen molar-refractivity contribution in [1.29, 1.82) is 0 Å². The predicted molar refractivity (Wildman–Crippen MR) is 100 cm³/mol. The molecule has 2 aromatic carbocycles. The topological polar surface area (TPSA) is 60.4 Å². The lowest BCUT2D eigenvalue weighted by Crippen LogP contribution is -2.51. The number of thiocarbonyl (C=S) groups is 1. The normalized spacial score (nSPS) is 17.1. The minimum Gasteiger partial charge on any atom is -0.548 e. The van der Waals surface area contributed by atoms with E-state index in [1.54, 1.807) is 6.08 Å². The van der Waals surface area contributed by atoms with E-state index in [-0.39, 0.29) is 10.7 Å². The lowest BCUT2D eigenvalue weighted by Gasteiger charge is -2.27. The number of thioether (sulfide) groups is 1. The van der Waals surface area contributed by atoms with Gasteiger partial charge in [-0.15, -0.1) is 0 Å². The Kier molecular flexibility index (Phi) is 5.31. The summed E-state index contributed by atoms with van der Waals surface area (Å²) in [6.07, 6.45) is 1.86. The van der Waals surface area contributed by atoms with Crippen molar-refractivity contribution in [1.82, 2.24) is 4.90 Å². The van der Waals surface area contributed by atoms with Crippen LogP contribution in [0, 0.1) is 0 Å². The number of benzene rings is 2. The summed E-state index contributed by atoms with van der Waals surface area (Å²) >= 11 is 6.37. The molecule has 0 bridgehead atoms. The van der Waals surface area contributed by atoms with Crippen LogP contribution >= 0.6 is 24.0 Å². The number of carboxylic acids is 1. The number of nitrogens with zero attached hydrogens (tertiary/aromatic N) is 1. The number of amides is 1. The molecule has 25 heavy (non-hydrogen) atoms. The van der Waals surface area contributed by atoms with Crippen LogP contribution in [0.1, 0.15) is 11.1 Å². The number of carbonyl (C=O) groups excluding carboxylic acids is 2. The van der Waals surface area contributed by atoms with E-state index in [9.17, 15) is 14.7 Å². The van der Waals surface area contributed by atoms with Gasteiger partial charge in [0.05, 0.1) is 16.9 Å². The molecular formula is C19H14NO3S2-. The van der Waals surface area contributed by atoms with Gasteiger partial charge in [0.15, 0.2) is 0 Å². The molecule has 2 aromatic rings. The fourth-order valence-corrected chi connectivity index (χ4v) is 3.92. The monoisotopic (exact) mass is 368 g/mol. The fourth-order valence-electron chi connectivity index (χ4n) is 2.57. The van der Waals surface area contributed by atoms with Crippen molar-refractivity contribution in [2.24, 2.45) is 0 Å². The number of carbonyl (C=O) groups is 2. The highest BCUT2D eigenvalue weighted by atomic mass is 32.2. The second-order valence-corrected chi connectivity index (χ2v) is 7.16. The average molecular weight is 368 g/mol. The molecule has 0 N–H and O–H groups in total. The van der Waals surface area contributed by atoms with E-state index in [0.29, 0.717) is 4.91 Å². The Labute approximate surface area is 155 Å². The minimum atomic E-state index is -1.32. The average Bonchev–Trinajstić information content (AvgIpc) is 2.88. The Morgan fingerprint density at radius 2 is 1.72 bits per heavy atom. The molecule has 0 aliphatic carbocycles. The first-order valence-corrected chi connectivity index (χ1v) is 8.85. The Hall–Kier alpha value is -2.44. The molecule has 6 heteroatoms. The second kappa shape index (κ2) is 7.63. The zero-order chi connectivity index (χ0) is 17.8. The van der Waals surface area contributed by atoms with Crippen LogP contribution in [-0.4, -0.2) is 27.1 Å². The van der Waals surface area contributed by atoms with Crippen molar-refractivity contribution in [3.05, 3.63) is 76.7 Å². The first-order valence-electron chi connectivity index (χ1n) is 7.63. The van der Waals surface area contributed by atoms with E-state index < -0.39 is 17.9 Å². The van der Waals surface area contributed by atoms with Crippen molar-refractivity contribution in [3.63, 3.8) is 0 Å².